The van der Waals surface area contributed by atoms with Crippen molar-refractivity contribution in [3.05, 3.63) is 35.9 Å². The van der Waals surface area contributed by atoms with Gasteiger partial charge in [-0.3, -0.25) is 4.90 Å². The summed E-state index contributed by atoms with van der Waals surface area (Å²) in [7, 11) is 0. The molecule has 1 atom stereocenters. The monoisotopic (exact) mass is 249 g/mol. The van der Waals surface area contributed by atoms with E-state index in [1.807, 2.05) is 30.3 Å². The van der Waals surface area contributed by atoms with Gasteiger partial charge in [-0.05, 0) is 45.3 Å². The van der Waals surface area contributed by atoms with Crippen LogP contribution in [-0.2, 0) is 0 Å². The summed E-state index contributed by atoms with van der Waals surface area (Å²) in [4.78, 5) is 2.39. The maximum absolute atomic E-state index is 10.6. The Morgan fingerprint density at radius 2 is 1.56 bits per heavy atom. The summed E-state index contributed by atoms with van der Waals surface area (Å²) in [5, 5.41) is 10.6. The Morgan fingerprint density at radius 1 is 1.06 bits per heavy atom. The molecule has 0 aromatic heterocycles. The summed E-state index contributed by atoms with van der Waals surface area (Å²) in [6.45, 7) is 10.7. The van der Waals surface area contributed by atoms with Crippen LogP contribution >= 0.6 is 0 Å². The zero-order valence-corrected chi connectivity index (χ0v) is 12.2. The van der Waals surface area contributed by atoms with E-state index in [1.54, 1.807) is 0 Å². The molecule has 0 heterocycles. The lowest BCUT2D eigenvalue weighted by Crippen LogP contribution is -2.49. The third-order valence-corrected chi connectivity index (χ3v) is 3.59. The fourth-order valence-electron chi connectivity index (χ4n) is 2.44. The highest BCUT2D eigenvalue weighted by Crippen LogP contribution is 2.31. The SMILES string of the molecule is CCCN(CCC)C(C)(C)C(O)c1ccccc1. The summed E-state index contributed by atoms with van der Waals surface area (Å²) >= 11 is 0. The molecular weight excluding hydrogens is 222 g/mol. The molecule has 0 aliphatic carbocycles. The third kappa shape index (κ3) is 3.56. The van der Waals surface area contributed by atoms with Crippen molar-refractivity contribution < 1.29 is 5.11 Å². The van der Waals surface area contributed by atoms with E-state index in [1.165, 1.54) is 0 Å². The molecule has 2 nitrogen and oxygen atoms in total. The van der Waals surface area contributed by atoms with E-state index < -0.39 is 6.10 Å². The first-order valence-electron chi connectivity index (χ1n) is 7.02. The van der Waals surface area contributed by atoms with Crippen LogP contribution in [0, 0.1) is 0 Å². The lowest BCUT2D eigenvalue weighted by Gasteiger charge is -2.42. The van der Waals surface area contributed by atoms with Crippen molar-refractivity contribution in [3.63, 3.8) is 0 Å². The van der Waals surface area contributed by atoms with E-state index in [2.05, 4.69) is 32.6 Å². The molecule has 0 bridgehead atoms. The minimum Gasteiger partial charge on any atom is -0.386 e. The van der Waals surface area contributed by atoms with Crippen LogP contribution in [0.2, 0.25) is 0 Å². The summed E-state index contributed by atoms with van der Waals surface area (Å²) < 4.78 is 0. The van der Waals surface area contributed by atoms with Crippen molar-refractivity contribution in [1.29, 1.82) is 0 Å². The van der Waals surface area contributed by atoms with Gasteiger partial charge in [-0.1, -0.05) is 44.2 Å². The molecule has 1 unspecified atom stereocenters. The molecule has 0 radical (unpaired) electrons. The molecule has 0 aliphatic rings. The highest BCUT2D eigenvalue weighted by atomic mass is 16.3. The second kappa shape index (κ2) is 6.91. The molecule has 0 spiro atoms. The van der Waals surface area contributed by atoms with Gasteiger partial charge in [-0.2, -0.15) is 0 Å². The Balaban J connectivity index is 2.88. The average molecular weight is 249 g/mol. The summed E-state index contributed by atoms with van der Waals surface area (Å²) in [5.41, 5.74) is 0.771. The second-order valence-corrected chi connectivity index (χ2v) is 5.45. The molecule has 1 aromatic carbocycles. The van der Waals surface area contributed by atoms with Gasteiger partial charge in [0.25, 0.3) is 0 Å². The second-order valence-electron chi connectivity index (χ2n) is 5.45. The Morgan fingerprint density at radius 3 is 2.00 bits per heavy atom. The van der Waals surface area contributed by atoms with Crippen molar-refractivity contribution >= 4 is 0 Å². The van der Waals surface area contributed by atoms with E-state index in [-0.39, 0.29) is 5.54 Å². The van der Waals surface area contributed by atoms with Gasteiger partial charge < -0.3 is 5.11 Å². The quantitative estimate of drug-likeness (QED) is 0.798. The maximum Gasteiger partial charge on any atom is 0.0968 e. The molecule has 0 amide bonds. The van der Waals surface area contributed by atoms with Crippen LogP contribution in [0.15, 0.2) is 30.3 Å². The molecule has 1 rings (SSSR count). The topological polar surface area (TPSA) is 23.5 Å². The normalized spacial score (nSPS) is 13.9. The smallest absolute Gasteiger partial charge is 0.0968 e. The van der Waals surface area contributed by atoms with Crippen molar-refractivity contribution in [2.24, 2.45) is 0 Å². The van der Waals surface area contributed by atoms with Gasteiger partial charge in [-0.15, -0.1) is 0 Å². The average Bonchev–Trinajstić information content (AvgIpc) is 2.38. The highest BCUT2D eigenvalue weighted by Gasteiger charge is 2.34. The number of hydrogen-bond donors (Lipinski definition) is 1. The van der Waals surface area contributed by atoms with Crippen LogP contribution in [0.3, 0.4) is 0 Å². The molecule has 0 aliphatic heterocycles. The summed E-state index contributed by atoms with van der Waals surface area (Å²) in [6.07, 6.45) is 1.78. The lowest BCUT2D eigenvalue weighted by molar-refractivity contribution is -0.0118. The fraction of sp³-hybridized carbons (Fsp3) is 0.625. The van der Waals surface area contributed by atoms with Crippen LogP contribution in [0.25, 0.3) is 0 Å². The van der Waals surface area contributed by atoms with E-state index in [0.717, 1.165) is 31.5 Å². The molecule has 2 heteroatoms. The molecule has 18 heavy (non-hydrogen) atoms. The van der Waals surface area contributed by atoms with Crippen molar-refractivity contribution in [1.82, 2.24) is 4.90 Å². The van der Waals surface area contributed by atoms with Gasteiger partial charge in [0.1, 0.15) is 0 Å². The largest absolute Gasteiger partial charge is 0.386 e. The first-order chi connectivity index (χ1) is 8.54. The number of nitrogens with zero attached hydrogens (tertiary/aromatic N) is 1. The number of rotatable bonds is 7. The zero-order chi connectivity index (χ0) is 13.6. The number of aliphatic hydroxyl groups excluding tert-OH is 1. The van der Waals surface area contributed by atoms with E-state index in [4.69, 9.17) is 0 Å². The van der Waals surface area contributed by atoms with Gasteiger partial charge in [0.15, 0.2) is 0 Å². The van der Waals surface area contributed by atoms with Crippen molar-refractivity contribution in [2.75, 3.05) is 13.1 Å². The Kier molecular flexibility index (Phi) is 5.83. The predicted molar refractivity (Wildman–Crippen MR) is 77.6 cm³/mol. The highest BCUT2D eigenvalue weighted by molar-refractivity contribution is 5.20. The zero-order valence-electron chi connectivity index (χ0n) is 12.2. The van der Waals surface area contributed by atoms with Gasteiger partial charge in [0.2, 0.25) is 0 Å². The van der Waals surface area contributed by atoms with Gasteiger partial charge in [-0.25, -0.2) is 0 Å². The standard InChI is InChI=1S/C16H27NO/c1-5-12-17(13-6-2)16(3,4)15(18)14-10-8-7-9-11-14/h7-11,15,18H,5-6,12-13H2,1-4H3. The Hall–Kier alpha value is -0.860. The van der Waals surface area contributed by atoms with Gasteiger partial charge >= 0.3 is 0 Å². The maximum atomic E-state index is 10.6. The Labute approximate surface area is 112 Å². The summed E-state index contributed by atoms with van der Waals surface area (Å²) in [6, 6.07) is 9.96. The molecule has 1 aromatic rings. The lowest BCUT2D eigenvalue weighted by atomic mass is 9.89. The molecule has 0 fully saturated rings. The minimum absolute atomic E-state index is 0.229. The third-order valence-electron chi connectivity index (χ3n) is 3.59. The molecule has 102 valence electrons. The molecule has 1 N–H and O–H groups in total. The molecule has 0 saturated heterocycles. The van der Waals surface area contributed by atoms with Crippen LogP contribution in [-0.4, -0.2) is 28.6 Å². The summed E-state index contributed by atoms with van der Waals surface area (Å²) in [5.74, 6) is 0. The fourth-order valence-corrected chi connectivity index (χ4v) is 2.44. The van der Waals surface area contributed by atoms with E-state index in [0.29, 0.717) is 0 Å². The molecular formula is C16H27NO. The van der Waals surface area contributed by atoms with E-state index >= 15 is 0 Å². The van der Waals surface area contributed by atoms with Crippen LogP contribution in [0.1, 0.15) is 52.2 Å². The van der Waals surface area contributed by atoms with Crippen LogP contribution in [0.4, 0.5) is 0 Å². The predicted octanol–water partition coefficient (Wildman–Crippen LogP) is 3.62. The van der Waals surface area contributed by atoms with Gasteiger partial charge in [0, 0.05) is 5.54 Å². The number of hydrogen-bond acceptors (Lipinski definition) is 2. The first-order valence-corrected chi connectivity index (χ1v) is 7.02. The number of aliphatic hydroxyl groups is 1. The van der Waals surface area contributed by atoms with Crippen LogP contribution < -0.4 is 0 Å². The Bertz CT molecular complexity index is 328. The van der Waals surface area contributed by atoms with Crippen LogP contribution in [0.5, 0.6) is 0 Å². The molecule has 0 saturated carbocycles. The van der Waals surface area contributed by atoms with Crippen molar-refractivity contribution in [2.45, 2.75) is 52.2 Å². The van der Waals surface area contributed by atoms with E-state index in [9.17, 15) is 5.11 Å². The first kappa shape index (κ1) is 15.2. The minimum atomic E-state index is -0.447. The van der Waals surface area contributed by atoms with Crippen molar-refractivity contribution in [3.8, 4) is 0 Å². The van der Waals surface area contributed by atoms with Gasteiger partial charge in [0.05, 0.1) is 6.10 Å². The number of benzene rings is 1.